The van der Waals surface area contributed by atoms with Crippen LogP contribution in [0.25, 0.3) is 10.8 Å². The summed E-state index contributed by atoms with van der Waals surface area (Å²) in [6, 6.07) is 11.1. The topological polar surface area (TPSA) is 49.4 Å². The molecule has 0 aliphatic heterocycles. The van der Waals surface area contributed by atoms with Gasteiger partial charge in [-0.05, 0) is 22.4 Å². The minimum atomic E-state index is -6.37. The number of carbonyl (C=O) groups is 1. The molecular weight excluding hydrogens is 342 g/mol. The SMILES string of the molecule is O=C(OCc1ccc2ccccc2c1)C([O-])(C(F)(F)F)C(F)(F)F. The van der Waals surface area contributed by atoms with Crippen molar-refractivity contribution in [3.05, 3.63) is 48.0 Å². The van der Waals surface area contributed by atoms with E-state index in [4.69, 9.17) is 0 Å². The molecule has 0 N–H and O–H groups in total. The molecule has 0 fully saturated rings. The van der Waals surface area contributed by atoms with Gasteiger partial charge in [-0.25, -0.2) is 0 Å². The van der Waals surface area contributed by atoms with Gasteiger partial charge in [-0.2, -0.15) is 26.3 Å². The van der Waals surface area contributed by atoms with E-state index in [0.29, 0.717) is 5.39 Å². The average molecular weight is 351 g/mol. The van der Waals surface area contributed by atoms with Gasteiger partial charge in [-0.3, -0.25) is 4.79 Å². The summed E-state index contributed by atoms with van der Waals surface area (Å²) in [7, 11) is 0. The zero-order valence-corrected chi connectivity index (χ0v) is 11.7. The molecule has 24 heavy (non-hydrogen) atoms. The molecule has 2 aromatic rings. The molecule has 0 heterocycles. The molecule has 0 aliphatic carbocycles. The fourth-order valence-corrected chi connectivity index (χ4v) is 1.97. The van der Waals surface area contributed by atoms with Crippen molar-refractivity contribution < 1.29 is 41.0 Å². The molecule has 3 nitrogen and oxygen atoms in total. The molecule has 2 aromatic carbocycles. The summed E-state index contributed by atoms with van der Waals surface area (Å²) in [4.78, 5) is 11.2. The van der Waals surface area contributed by atoms with Crippen LogP contribution in [0.3, 0.4) is 0 Å². The van der Waals surface area contributed by atoms with Gasteiger partial charge in [0.25, 0.3) is 0 Å². The molecule has 2 rings (SSSR count). The van der Waals surface area contributed by atoms with E-state index in [-0.39, 0.29) is 5.56 Å². The standard InChI is InChI=1S/C15H9F6O3/c16-14(17,18)13(23,15(19,20)21)12(22)24-8-9-5-6-10-3-1-2-4-11(10)7-9/h1-7H,8H2/q-1. The first-order valence-electron chi connectivity index (χ1n) is 6.45. The lowest BCUT2D eigenvalue weighted by atomic mass is 10.0. The van der Waals surface area contributed by atoms with Crippen LogP contribution in [0.5, 0.6) is 0 Å². The van der Waals surface area contributed by atoms with E-state index in [9.17, 15) is 36.2 Å². The van der Waals surface area contributed by atoms with Crippen molar-refractivity contribution in [1.82, 2.24) is 0 Å². The summed E-state index contributed by atoms with van der Waals surface area (Å²) in [5, 5.41) is 12.6. The first kappa shape index (κ1) is 18.1. The quantitative estimate of drug-likeness (QED) is 0.631. The Balaban J connectivity index is 2.21. The Bertz CT molecular complexity index is 737. The Labute approximate surface area is 131 Å². The van der Waals surface area contributed by atoms with Crippen molar-refractivity contribution >= 4 is 16.7 Å². The van der Waals surface area contributed by atoms with Crippen molar-refractivity contribution in [1.29, 1.82) is 0 Å². The van der Waals surface area contributed by atoms with Gasteiger partial charge in [0, 0.05) is 0 Å². The summed E-state index contributed by atoms with van der Waals surface area (Å²) < 4.78 is 78.7. The van der Waals surface area contributed by atoms with Gasteiger partial charge in [-0.1, -0.05) is 36.4 Å². The first-order valence-corrected chi connectivity index (χ1v) is 6.45. The number of halogens is 6. The highest BCUT2D eigenvalue weighted by atomic mass is 19.4. The number of fused-ring (bicyclic) bond motifs is 1. The van der Waals surface area contributed by atoms with Crippen LogP contribution in [-0.2, 0) is 16.1 Å². The number of hydrogen-bond acceptors (Lipinski definition) is 3. The largest absolute Gasteiger partial charge is 0.828 e. The second-order valence-corrected chi connectivity index (χ2v) is 4.93. The maximum Gasteiger partial charge on any atom is 0.399 e. The predicted octanol–water partition coefficient (Wildman–Crippen LogP) is 3.11. The van der Waals surface area contributed by atoms with Gasteiger partial charge in [0.15, 0.2) is 5.60 Å². The second-order valence-electron chi connectivity index (χ2n) is 4.93. The Morgan fingerprint density at radius 3 is 2.00 bits per heavy atom. The van der Waals surface area contributed by atoms with Gasteiger partial charge in [-0.15, -0.1) is 0 Å². The van der Waals surface area contributed by atoms with Crippen LogP contribution >= 0.6 is 0 Å². The number of hydrogen-bond donors (Lipinski definition) is 0. The fraction of sp³-hybridized carbons (Fsp3) is 0.267. The third kappa shape index (κ3) is 3.16. The average Bonchev–Trinajstić information content (AvgIpc) is 2.49. The molecule has 0 amide bonds. The molecule has 0 radical (unpaired) electrons. The maximum atomic E-state index is 12.5. The first-order chi connectivity index (χ1) is 11.0. The molecule has 0 aromatic heterocycles. The number of rotatable bonds is 3. The van der Waals surface area contributed by atoms with Crippen LogP contribution < -0.4 is 5.11 Å². The molecule has 0 aliphatic rings. The van der Waals surface area contributed by atoms with E-state index in [0.717, 1.165) is 5.39 Å². The molecular formula is C15H9F6O3-. The lowest BCUT2D eigenvalue weighted by Gasteiger charge is -2.40. The van der Waals surface area contributed by atoms with Crippen molar-refractivity contribution in [2.45, 2.75) is 24.6 Å². The number of alkyl halides is 6. The van der Waals surface area contributed by atoms with E-state index in [1.165, 1.54) is 12.1 Å². The molecule has 0 saturated heterocycles. The molecule has 0 unspecified atom stereocenters. The predicted molar refractivity (Wildman–Crippen MR) is 68.6 cm³/mol. The van der Waals surface area contributed by atoms with Crippen molar-refractivity contribution in [3.8, 4) is 0 Å². The van der Waals surface area contributed by atoms with E-state index in [1.54, 1.807) is 30.3 Å². The monoisotopic (exact) mass is 351 g/mol. The van der Waals surface area contributed by atoms with Crippen LogP contribution in [0.4, 0.5) is 26.3 Å². The molecule has 0 atom stereocenters. The van der Waals surface area contributed by atoms with Gasteiger partial charge >= 0.3 is 18.3 Å². The molecule has 9 heteroatoms. The minimum Gasteiger partial charge on any atom is -0.828 e. The molecule has 0 saturated carbocycles. The van der Waals surface area contributed by atoms with Crippen LogP contribution in [0, 0.1) is 0 Å². The van der Waals surface area contributed by atoms with Gasteiger partial charge in [0.05, 0.1) is 0 Å². The summed E-state index contributed by atoms with van der Waals surface area (Å²) in [6.45, 7) is -0.889. The van der Waals surface area contributed by atoms with Gasteiger partial charge < -0.3 is 9.84 Å². The Hall–Kier alpha value is -2.29. The number of carbonyl (C=O) groups excluding carboxylic acids is 1. The van der Waals surface area contributed by atoms with Crippen LogP contribution in [-0.4, -0.2) is 23.9 Å². The summed E-state index contributed by atoms with van der Waals surface area (Å²) in [6.07, 6.45) is -12.7. The van der Waals surface area contributed by atoms with Crippen molar-refractivity contribution in [2.75, 3.05) is 0 Å². The summed E-state index contributed by atoms with van der Waals surface area (Å²) >= 11 is 0. The lowest BCUT2D eigenvalue weighted by molar-refractivity contribution is -0.574. The van der Waals surface area contributed by atoms with Gasteiger partial charge in [0.1, 0.15) is 6.61 Å². The van der Waals surface area contributed by atoms with E-state index >= 15 is 0 Å². The Kier molecular flexibility index (Phi) is 4.49. The van der Waals surface area contributed by atoms with Gasteiger partial charge in [0.2, 0.25) is 0 Å². The van der Waals surface area contributed by atoms with Crippen LogP contribution in [0.15, 0.2) is 42.5 Å². The normalized spacial score (nSPS) is 13.1. The zero-order valence-electron chi connectivity index (χ0n) is 11.7. The van der Waals surface area contributed by atoms with Crippen LogP contribution in [0.1, 0.15) is 5.56 Å². The summed E-state index contributed by atoms with van der Waals surface area (Å²) in [5.41, 5.74) is -5.68. The molecule has 130 valence electrons. The Morgan fingerprint density at radius 2 is 1.46 bits per heavy atom. The molecule has 0 bridgehead atoms. The highest BCUT2D eigenvalue weighted by Gasteiger charge is 2.68. The second kappa shape index (κ2) is 5.97. The van der Waals surface area contributed by atoms with E-state index in [1.807, 2.05) is 0 Å². The minimum absolute atomic E-state index is 0.147. The summed E-state index contributed by atoms with van der Waals surface area (Å²) in [5.74, 6) is -2.93. The highest BCUT2D eigenvalue weighted by molar-refractivity contribution is 5.83. The fourth-order valence-electron chi connectivity index (χ4n) is 1.97. The number of benzene rings is 2. The van der Waals surface area contributed by atoms with E-state index < -0.39 is 30.5 Å². The van der Waals surface area contributed by atoms with Crippen molar-refractivity contribution in [3.63, 3.8) is 0 Å². The molecule has 0 spiro atoms. The number of ether oxygens (including phenoxy) is 1. The number of esters is 1. The zero-order chi connectivity index (χ0) is 18.2. The smallest absolute Gasteiger partial charge is 0.399 e. The maximum absolute atomic E-state index is 12.5. The highest BCUT2D eigenvalue weighted by Crippen LogP contribution is 2.41. The van der Waals surface area contributed by atoms with E-state index in [2.05, 4.69) is 4.74 Å². The third-order valence-corrected chi connectivity index (χ3v) is 3.27. The van der Waals surface area contributed by atoms with Crippen LogP contribution in [0.2, 0.25) is 0 Å². The third-order valence-electron chi connectivity index (χ3n) is 3.27. The lowest BCUT2D eigenvalue weighted by Crippen LogP contribution is -2.71. The van der Waals surface area contributed by atoms with Crippen molar-refractivity contribution in [2.24, 2.45) is 0 Å². The Morgan fingerprint density at radius 1 is 0.917 bits per heavy atom.